The van der Waals surface area contributed by atoms with Crippen LogP contribution in [0.1, 0.15) is 5.56 Å². The number of carboxylic acids is 1. The Kier molecular flexibility index (Phi) is 5.34. The van der Waals surface area contributed by atoms with Crippen LogP contribution in [0.2, 0.25) is 0 Å². The molecule has 8 nitrogen and oxygen atoms in total. The fourth-order valence-corrected chi connectivity index (χ4v) is 1.20. The van der Waals surface area contributed by atoms with Crippen molar-refractivity contribution in [1.82, 2.24) is 4.98 Å². The van der Waals surface area contributed by atoms with E-state index < -0.39 is 23.2 Å². The van der Waals surface area contributed by atoms with Crippen LogP contribution in [0.3, 0.4) is 0 Å². The molecule has 0 aromatic carbocycles. The molecule has 1 amide bonds. The summed E-state index contributed by atoms with van der Waals surface area (Å²) < 4.78 is 0. The number of aromatic nitrogens is 1. The number of aliphatic imine (C=N–C) groups is 1. The largest absolute Gasteiger partial charge is 0.478 e. The zero-order valence-corrected chi connectivity index (χ0v) is 10.8. The summed E-state index contributed by atoms with van der Waals surface area (Å²) in [6.07, 6.45) is 3.37. The monoisotopic (exact) mass is 285 g/mol. The van der Waals surface area contributed by atoms with Gasteiger partial charge in [0.1, 0.15) is 17.6 Å². The maximum absolute atomic E-state index is 12.0. The quantitative estimate of drug-likeness (QED) is 0.528. The number of nitrogens with zero attached hydrogens (tertiary/aromatic N) is 3. The van der Waals surface area contributed by atoms with Gasteiger partial charge in [-0.05, 0) is 12.1 Å². The number of anilines is 1. The molecule has 4 N–H and O–H groups in total. The number of pyridine rings is 1. The average molecular weight is 285 g/mol. The van der Waals surface area contributed by atoms with Crippen molar-refractivity contribution in [1.29, 1.82) is 5.26 Å². The van der Waals surface area contributed by atoms with Gasteiger partial charge >= 0.3 is 5.97 Å². The number of aliphatic carboxylic acids is 1. The summed E-state index contributed by atoms with van der Waals surface area (Å²) >= 11 is 0. The molecule has 0 radical (unpaired) electrons. The molecule has 0 saturated heterocycles. The molecule has 0 spiro atoms. The molecule has 106 valence electrons. The Morgan fingerprint density at radius 3 is 2.71 bits per heavy atom. The summed E-state index contributed by atoms with van der Waals surface area (Å²) in [6, 6.07) is 4.73. The summed E-state index contributed by atoms with van der Waals surface area (Å²) in [5.74, 6) is -2.05. The number of rotatable bonds is 5. The number of amides is 1. The number of nitrogens with one attached hydrogen (secondary N) is 1. The molecule has 1 aromatic heterocycles. The molecule has 1 rings (SSSR count). The van der Waals surface area contributed by atoms with Crippen LogP contribution in [0, 0.1) is 11.3 Å². The predicted molar refractivity (Wildman–Crippen MR) is 75.1 cm³/mol. The van der Waals surface area contributed by atoms with Crippen LogP contribution in [0.5, 0.6) is 0 Å². The Bertz CT molecular complexity index is 668. The standard InChI is InChI=1S/C13H11N5O3/c1-8(13(20)21)11(16-5-4-14)12(19)18-10-3-2-9(6-15)7-17-10/h2-5,7H,1,14H2,(H,20,21)(H,17,18,19)/b5-4-,16-11+. The van der Waals surface area contributed by atoms with Gasteiger partial charge in [-0.15, -0.1) is 0 Å². The van der Waals surface area contributed by atoms with Gasteiger partial charge in [0.05, 0.1) is 11.1 Å². The maximum atomic E-state index is 12.0. The molecule has 0 aliphatic rings. The third-order valence-electron chi connectivity index (χ3n) is 2.18. The van der Waals surface area contributed by atoms with Gasteiger partial charge < -0.3 is 16.2 Å². The minimum atomic E-state index is -1.39. The Morgan fingerprint density at radius 2 is 2.24 bits per heavy atom. The summed E-state index contributed by atoms with van der Waals surface area (Å²) in [6.45, 7) is 3.27. The minimum absolute atomic E-state index is 0.140. The number of carbonyl (C=O) groups is 2. The van der Waals surface area contributed by atoms with Crippen LogP contribution in [0.25, 0.3) is 0 Å². The van der Waals surface area contributed by atoms with Gasteiger partial charge in [-0.25, -0.2) is 14.8 Å². The molecule has 0 aliphatic carbocycles. The van der Waals surface area contributed by atoms with Crippen LogP contribution in [-0.4, -0.2) is 27.7 Å². The second kappa shape index (κ2) is 7.20. The van der Waals surface area contributed by atoms with Crippen LogP contribution in [-0.2, 0) is 9.59 Å². The van der Waals surface area contributed by atoms with Gasteiger partial charge in [0.25, 0.3) is 5.91 Å². The van der Waals surface area contributed by atoms with Gasteiger partial charge in [-0.2, -0.15) is 5.26 Å². The zero-order valence-electron chi connectivity index (χ0n) is 10.8. The first kappa shape index (κ1) is 15.6. The lowest BCUT2D eigenvalue weighted by atomic mass is 10.1. The summed E-state index contributed by atoms with van der Waals surface area (Å²) in [4.78, 5) is 30.3. The lowest BCUT2D eigenvalue weighted by Crippen LogP contribution is -2.27. The lowest BCUT2D eigenvalue weighted by molar-refractivity contribution is -0.132. The van der Waals surface area contributed by atoms with E-state index in [0.29, 0.717) is 5.56 Å². The van der Waals surface area contributed by atoms with Gasteiger partial charge in [0.15, 0.2) is 0 Å². The number of hydrogen-bond acceptors (Lipinski definition) is 6. The molecule has 8 heteroatoms. The molecule has 0 aliphatic heterocycles. The smallest absolute Gasteiger partial charge is 0.337 e. The molecule has 21 heavy (non-hydrogen) atoms. The molecule has 0 unspecified atom stereocenters. The Balaban J connectivity index is 2.98. The summed E-state index contributed by atoms with van der Waals surface area (Å²) in [5, 5.41) is 19.9. The number of carboxylic acid groups (broad SMARTS) is 1. The molecule has 0 atom stereocenters. The molecule has 0 saturated carbocycles. The van der Waals surface area contributed by atoms with Crippen molar-refractivity contribution in [3.8, 4) is 6.07 Å². The highest BCUT2D eigenvalue weighted by Gasteiger charge is 2.20. The summed E-state index contributed by atoms with van der Waals surface area (Å²) in [5.41, 5.74) is 4.53. The molecular formula is C13H11N5O3. The average Bonchev–Trinajstić information content (AvgIpc) is 2.48. The van der Waals surface area contributed by atoms with E-state index in [1.807, 2.05) is 6.07 Å². The van der Waals surface area contributed by atoms with Crippen molar-refractivity contribution in [2.75, 3.05) is 5.32 Å². The SMILES string of the molecule is C=C(C(=O)O)/C(=N\C=C/N)C(=O)Nc1ccc(C#N)cn1. The van der Waals surface area contributed by atoms with E-state index in [4.69, 9.17) is 16.1 Å². The second-order valence-electron chi connectivity index (χ2n) is 3.60. The Labute approximate surface area is 119 Å². The van der Waals surface area contributed by atoms with Crippen molar-refractivity contribution in [2.45, 2.75) is 0 Å². The normalized spacial score (nSPS) is 10.9. The van der Waals surface area contributed by atoms with Crippen molar-refractivity contribution in [3.05, 3.63) is 48.4 Å². The molecule has 0 bridgehead atoms. The second-order valence-corrected chi connectivity index (χ2v) is 3.60. The van der Waals surface area contributed by atoms with E-state index in [0.717, 1.165) is 12.4 Å². The fourth-order valence-electron chi connectivity index (χ4n) is 1.20. The van der Waals surface area contributed by atoms with Gasteiger partial charge in [0, 0.05) is 18.6 Å². The number of nitriles is 1. The van der Waals surface area contributed by atoms with Crippen molar-refractivity contribution >= 4 is 23.4 Å². The van der Waals surface area contributed by atoms with E-state index in [1.54, 1.807) is 0 Å². The van der Waals surface area contributed by atoms with Crippen LogP contribution in [0.15, 0.2) is 47.9 Å². The number of carbonyl (C=O) groups excluding carboxylic acids is 1. The van der Waals surface area contributed by atoms with Crippen LogP contribution >= 0.6 is 0 Å². The predicted octanol–water partition coefficient (Wildman–Crippen LogP) is 0.403. The van der Waals surface area contributed by atoms with Crippen molar-refractivity contribution in [3.63, 3.8) is 0 Å². The first-order valence-electron chi connectivity index (χ1n) is 5.54. The van der Waals surface area contributed by atoms with Gasteiger partial charge in [0.2, 0.25) is 0 Å². The van der Waals surface area contributed by atoms with Gasteiger partial charge in [-0.1, -0.05) is 6.58 Å². The third-order valence-corrected chi connectivity index (χ3v) is 2.18. The van der Waals surface area contributed by atoms with E-state index in [9.17, 15) is 9.59 Å². The topological polar surface area (TPSA) is 141 Å². The number of nitrogens with two attached hydrogens (primary N) is 1. The Hall–Kier alpha value is -3.47. The maximum Gasteiger partial charge on any atom is 0.337 e. The van der Waals surface area contributed by atoms with Gasteiger partial charge in [-0.3, -0.25) is 4.79 Å². The third kappa shape index (κ3) is 4.29. The minimum Gasteiger partial charge on any atom is -0.478 e. The van der Waals surface area contributed by atoms with E-state index in [-0.39, 0.29) is 5.82 Å². The molecule has 0 fully saturated rings. The van der Waals surface area contributed by atoms with Crippen LogP contribution < -0.4 is 11.1 Å². The lowest BCUT2D eigenvalue weighted by Gasteiger charge is -2.06. The first-order valence-corrected chi connectivity index (χ1v) is 5.54. The molecule has 1 heterocycles. The van der Waals surface area contributed by atoms with Crippen LogP contribution in [0.4, 0.5) is 5.82 Å². The molecular weight excluding hydrogens is 274 g/mol. The van der Waals surface area contributed by atoms with E-state index in [1.165, 1.54) is 18.3 Å². The zero-order chi connectivity index (χ0) is 15.8. The van der Waals surface area contributed by atoms with E-state index in [2.05, 4.69) is 21.9 Å². The highest BCUT2D eigenvalue weighted by atomic mass is 16.4. The van der Waals surface area contributed by atoms with E-state index >= 15 is 0 Å². The molecule has 1 aromatic rings. The highest BCUT2D eigenvalue weighted by molar-refractivity contribution is 6.53. The summed E-state index contributed by atoms with van der Waals surface area (Å²) in [7, 11) is 0. The van der Waals surface area contributed by atoms with Crippen molar-refractivity contribution in [2.24, 2.45) is 10.7 Å². The number of hydrogen-bond donors (Lipinski definition) is 3. The van der Waals surface area contributed by atoms with Crippen molar-refractivity contribution < 1.29 is 14.7 Å². The fraction of sp³-hybridized carbons (Fsp3) is 0. The highest BCUT2D eigenvalue weighted by Crippen LogP contribution is 2.06. The first-order chi connectivity index (χ1) is 9.99. The Morgan fingerprint density at radius 1 is 1.52 bits per heavy atom.